The van der Waals surface area contributed by atoms with E-state index >= 15 is 0 Å². The van der Waals surface area contributed by atoms with E-state index in [4.69, 9.17) is 11.6 Å². The molecule has 14 heavy (non-hydrogen) atoms. The second-order valence-corrected chi connectivity index (χ2v) is 4.81. The van der Waals surface area contributed by atoms with E-state index in [-0.39, 0.29) is 12.0 Å². The Balaban J connectivity index is 2.50. The highest BCUT2D eigenvalue weighted by atomic mass is 35.5. The minimum absolute atomic E-state index is 0.0574. The highest BCUT2D eigenvalue weighted by Crippen LogP contribution is 2.37. The van der Waals surface area contributed by atoms with Gasteiger partial charge in [0.1, 0.15) is 0 Å². The third-order valence-electron chi connectivity index (χ3n) is 3.24. The van der Waals surface area contributed by atoms with Gasteiger partial charge in [-0.2, -0.15) is 0 Å². The number of aliphatic hydroxyl groups excluding tert-OH is 1. The first-order valence-electron chi connectivity index (χ1n) is 5.05. The first kappa shape index (κ1) is 10.0. The van der Waals surface area contributed by atoms with Crippen molar-refractivity contribution in [2.75, 3.05) is 6.61 Å². The molecule has 1 aliphatic rings. The van der Waals surface area contributed by atoms with Crippen LogP contribution in [0.2, 0.25) is 5.02 Å². The third-order valence-corrected chi connectivity index (χ3v) is 3.48. The van der Waals surface area contributed by atoms with Crippen LogP contribution in [0.1, 0.15) is 30.9 Å². The van der Waals surface area contributed by atoms with E-state index in [9.17, 15) is 5.11 Å². The van der Waals surface area contributed by atoms with Crippen molar-refractivity contribution in [3.8, 4) is 0 Å². The number of rotatable bonds is 1. The molecular weight excluding hydrogens is 196 g/mol. The minimum atomic E-state index is -0.0574. The molecule has 1 atom stereocenters. The molecule has 1 aliphatic carbocycles. The molecule has 0 heterocycles. The Kier molecular flexibility index (Phi) is 2.54. The summed E-state index contributed by atoms with van der Waals surface area (Å²) in [5.41, 5.74) is 2.52. The summed E-state index contributed by atoms with van der Waals surface area (Å²) in [4.78, 5) is 0. The van der Waals surface area contributed by atoms with E-state index in [0.29, 0.717) is 0 Å². The van der Waals surface area contributed by atoms with Gasteiger partial charge in [-0.15, -0.1) is 0 Å². The molecule has 0 saturated carbocycles. The molecule has 1 aromatic rings. The summed E-state index contributed by atoms with van der Waals surface area (Å²) >= 11 is 5.95. The topological polar surface area (TPSA) is 20.2 Å². The zero-order chi connectivity index (χ0) is 10.2. The molecule has 2 rings (SSSR count). The van der Waals surface area contributed by atoms with Crippen molar-refractivity contribution in [2.24, 2.45) is 0 Å². The molecule has 0 aliphatic heterocycles. The molecule has 76 valence electrons. The number of fused-ring (bicyclic) bond motifs is 1. The standard InChI is InChI=1S/C12H15ClO/c1-12(8-14)6-2-3-9-7-10(13)4-5-11(9)12/h4-5,7,14H,2-3,6,8H2,1H3/t12-/m0/s1. The lowest BCUT2D eigenvalue weighted by Gasteiger charge is -2.34. The van der Waals surface area contributed by atoms with Crippen LogP contribution in [0, 0.1) is 0 Å². The second-order valence-electron chi connectivity index (χ2n) is 4.37. The van der Waals surface area contributed by atoms with E-state index in [1.807, 2.05) is 12.1 Å². The summed E-state index contributed by atoms with van der Waals surface area (Å²) in [6.45, 7) is 2.35. The number of hydrogen-bond acceptors (Lipinski definition) is 1. The molecule has 0 aromatic heterocycles. The molecule has 0 saturated heterocycles. The van der Waals surface area contributed by atoms with Gasteiger partial charge in [0, 0.05) is 10.4 Å². The number of aryl methyl sites for hydroxylation is 1. The molecule has 0 unspecified atom stereocenters. The van der Waals surface area contributed by atoms with Crippen molar-refractivity contribution >= 4 is 11.6 Å². The zero-order valence-corrected chi connectivity index (χ0v) is 9.14. The fourth-order valence-corrected chi connectivity index (χ4v) is 2.52. The van der Waals surface area contributed by atoms with Crippen molar-refractivity contribution in [3.63, 3.8) is 0 Å². The fourth-order valence-electron chi connectivity index (χ4n) is 2.33. The van der Waals surface area contributed by atoms with E-state index in [0.717, 1.165) is 24.3 Å². The minimum Gasteiger partial charge on any atom is -0.395 e. The maximum absolute atomic E-state index is 9.43. The van der Waals surface area contributed by atoms with E-state index in [2.05, 4.69) is 13.0 Å². The number of aliphatic hydroxyl groups is 1. The van der Waals surface area contributed by atoms with Crippen LogP contribution >= 0.6 is 11.6 Å². The van der Waals surface area contributed by atoms with Crippen LogP contribution in [0.25, 0.3) is 0 Å². The van der Waals surface area contributed by atoms with Crippen LogP contribution < -0.4 is 0 Å². The highest BCUT2D eigenvalue weighted by molar-refractivity contribution is 6.30. The first-order valence-corrected chi connectivity index (χ1v) is 5.43. The summed E-state index contributed by atoms with van der Waals surface area (Å²) in [7, 11) is 0. The fraction of sp³-hybridized carbons (Fsp3) is 0.500. The van der Waals surface area contributed by atoms with Crippen LogP contribution in [0.15, 0.2) is 18.2 Å². The van der Waals surface area contributed by atoms with Gasteiger partial charge in [0.05, 0.1) is 6.61 Å². The van der Waals surface area contributed by atoms with Gasteiger partial charge in [0.2, 0.25) is 0 Å². The van der Waals surface area contributed by atoms with E-state index < -0.39 is 0 Å². The molecule has 0 radical (unpaired) electrons. The Hall–Kier alpha value is -0.530. The maximum atomic E-state index is 9.43. The average molecular weight is 211 g/mol. The maximum Gasteiger partial charge on any atom is 0.0525 e. The van der Waals surface area contributed by atoms with Crippen molar-refractivity contribution in [3.05, 3.63) is 34.3 Å². The molecule has 0 amide bonds. The van der Waals surface area contributed by atoms with E-state index in [1.165, 1.54) is 11.1 Å². The lowest BCUT2D eigenvalue weighted by molar-refractivity contribution is 0.188. The summed E-state index contributed by atoms with van der Waals surface area (Å²) in [5.74, 6) is 0. The largest absolute Gasteiger partial charge is 0.395 e. The Bertz CT molecular complexity index is 348. The summed E-state index contributed by atoms with van der Waals surface area (Å²) in [6.07, 6.45) is 3.30. The number of hydrogen-bond donors (Lipinski definition) is 1. The molecular formula is C12H15ClO. The molecule has 1 N–H and O–H groups in total. The third kappa shape index (κ3) is 1.55. The summed E-state index contributed by atoms with van der Waals surface area (Å²) < 4.78 is 0. The SMILES string of the molecule is C[C@@]1(CO)CCCc2cc(Cl)ccc21. The normalized spacial score (nSPS) is 25.9. The highest BCUT2D eigenvalue weighted by Gasteiger charge is 2.31. The Morgan fingerprint density at radius 2 is 2.29 bits per heavy atom. The quantitative estimate of drug-likeness (QED) is 0.756. The molecule has 0 bridgehead atoms. The number of benzene rings is 1. The van der Waals surface area contributed by atoms with Crippen molar-refractivity contribution in [2.45, 2.75) is 31.6 Å². The Morgan fingerprint density at radius 3 is 3.00 bits per heavy atom. The lowest BCUT2D eigenvalue weighted by Crippen LogP contribution is -2.31. The van der Waals surface area contributed by atoms with Gasteiger partial charge in [0.25, 0.3) is 0 Å². The van der Waals surface area contributed by atoms with Crippen LogP contribution in [0.5, 0.6) is 0 Å². The van der Waals surface area contributed by atoms with E-state index in [1.54, 1.807) is 0 Å². The van der Waals surface area contributed by atoms with Gasteiger partial charge < -0.3 is 5.11 Å². The van der Waals surface area contributed by atoms with Gasteiger partial charge in [-0.3, -0.25) is 0 Å². The van der Waals surface area contributed by atoms with Crippen molar-refractivity contribution in [1.82, 2.24) is 0 Å². The van der Waals surface area contributed by atoms with Gasteiger partial charge >= 0.3 is 0 Å². The molecule has 1 aromatic carbocycles. The monoisotopic (exact) mass is 210 g/mol. The first-order chi connectivity index (χ1) is 6.65. The molecule has 1 nitrogen and oxygen atoms in total. The van der Waals surface area contributed by atoms with Gasteiger partial charge in [-0.05, 0) is 42.5 Å². The number of halogens is 1. The Labute approximate surface area is 89.7 Å². The van der Waals surface area contributed by atoms with Crippen LogP contribution in [0.3, 0.4) is 0 Å². The zero-order valence-electron chi connectivity index (χ0n) is 8.39. The van der Waals surface area contributed by atoms with Crippen molar-refractivity contribution < 1.29 is 5.11 Å². The molecule has 0 fully saturated rings. The average Bonchev–Trinajstić information content (AvgIpc) is 2.18. The van der Waals surface area contributed by atoms with Crippen LogP contribution in [-0.4, -0.2) is 11.7 Å². The lowest BCUT2D eigenvalue weighted by atomic mass is 9.72. The summed E-state index contributed by atoms with van der Waals surface area (Å²) in [6, 6.07) is 6.01. The van der Waals surface area contributed by atoms with Gasteiger partial charge in [-0.25, -0.2) is 0 Å². The molecule has 0 spiro atoms. The molecule has 2 heteroatoms. The Morgan fingerprint density at radius 1 is 1.50 bits per heavy atom. The smallest absolute Gasteiger partial charge is 0.0525 e. The van der Waals surface area contributed by atoms with Crippen LogP contribution in [0.4, 0.5) is 0 Å². The van der Waals surface area contributed by atoms with Gasteiger partial charge in [0.15, 0.2) is 0 Å². The van der Waals surface area contributed by atoms with Gasteiger partial charge in [-0.1, -0.05) is 24.6 Å². The summed E-state index contributed by atoms with van der Waals surface area (Å²) in [5, 5.41) is 10.2. The predicted molar refractivity (Wildman–Crippen MR) is 58.8 cm³/mol. The predicted octanol–water partition coefficient (Wildman–Crippen LogP) is 2.93. The second kappa shape index (κ2) is 3.56. The van der Waals surface area contributed by atoms with Crippen molar-refractivity contribution in [1.29, 1.82) is 0 Å². The van der Waals surface area contributed by atoms with Crippen LogP contribution in [-0.2, 0) is 11.8 Å².